The van der Waals surface area contributed by atoms with Crippen molar-refractivity contribution in [1.82, 2.24) is 15.1 Å². The predicted octanol–water partition coefficient (Wildman–Crippen LogP) is 1.95. The van der Waals surface area contributed by atoms with Gasteiger partial charge in [-0.3, -0.25) is 9.67 Å². The summed E-state index contributed by atoms with van der Waals surface area (Å²) in [4.78, 5) is 4.37. The fraction of sp³-hybridized carbons (Fsp3) is 0.375. The first kappa shape index (κ1) is 11.7. The first-order valence-corrected chi connectivity index (χ1v) is 7.13. The van der Waals surface area contributed by atoms with E-state index >= 15 is 0 Å². The first-order valence-electron chi connectivity index (χ1n) is 7.13. The van der Waals surface area contributed by atoms with Gasteiger partial charge in [-0.25, -0.2) is 0 Å². The average Bonchev–Trinajstić information content (AvgIpc) is 3.07. The summed E-state index contributed by atoms with van der Waals surface area (Å²) in [5.41, 5.74) is 5.63. The quantitative estimate of drug-likeness (QED) is 0.857. The molecule has 1 aliphatic carbocycles. The number of nitrogens with one attached hydrogen (secondary N) is 1. The number of benzene rings is 1. The van der Waals surface area contributed by atoms with Crippen molar-refractivity contribution < 1.29 is 0 Å². The zero-order chi connectivity index (χ0) is 13.6. The highest BCUT2D eigenvalue weighted by Crippen LogP contribution is 2.35. The van der Waals surface area contributed by atoms with Gasteiger partial charge >= 0.3 is 0 Å². The van der Waals surface area contributed by atoms with Crippen LogP contribution in [-0.2, 0) is 19.9 Å². The van der Waals surface area contributed by atoms with Gasteiger partial charge in [0.05, 0.1) is 24.1 Å². The van der Waals surface area contributed by atoms with Crippen molar-refractivity contribution in [3.8, 4) is 11.3 Å². The van der Waals surface area contributed by atoms with Gasteiger partial charge in [-0.1, -0.05) is 18.2 Å². The summed E-state index contributed by atoms with van der Waals surface area (Å²) in [6.07, 6.45) is 7.05. The molecule has 20 heavy (non-hydrogen) atoms. The molecule has 1 aromatic carbocycles. The van der Waals surface area contributed by atoms with Crippen LogP contribution in [0.2, 0.25) is 0 Å². The molecule has 4 heteroatoms. The van der Waals surface area contributed by atoms with E-state index in [-0.39, 0.29) is 5.54 Å². The highest BCUT2D eigenvalue weighted by atomic mass is 15.3. The Bertz CT molecular complexity index is 676. The van der Waals surface area contributed by atoms with Crippen molar-refractivity contribution in [3.05, 3.63) is 41.6 Å². The van der Waals surface area contributed by atoms with E-state index in [4.69, 9.17) is 0 Å². The van der Waals surface area contributed by atoms with Crippen LogP contribution in [0.1, 0.15) is 17.5 Å². The SMILES string of the molecule is Cn1nccc1-c1cccc2c1CCC1(CN=CN1)C2. The van der Waals surface area contributed by atoms with E-state index in [0.717, 1.165) is 25.8 Å². The summed E-state index contributed by atoms with van der Waals surface area (Å²) in [6, 6.07) is 8.73. The summed E-state index contributed by atoms with van der Waals surface area (Å²) >= 11 is 0. The fourth-order valence-corrected chi connectivity index (χ4v) is 3.50. The number of nitrogens with zero attached hydrogens (tertiary/aromatic N) is 3. The van der Waals surface area contributed by atoms with Gasteiger partial charge in [0, 0.05) is 18.8 Å². The van der Waals surface area contributed by atoms with Gasteiger partial charge in [-0.2, -0.15) is 5.10 Å². The van der Waals surface area contributed by atoms with Crippen molar-refractivity contribution in [2.45, 2.75) is 24.8 Å². The Morgan fingerprint density at radius 1 is 1.30 bits per heavy atom. The third-order valence-electron chi connectivity index (χ3n) is 4.61. The van der Waals surface area contributed by atoms with Crippen molar-refractivity contribution in [2.75, 3.05) is 6.54 Å². The summed E-state index contributed by atoms with van der Waals surface area (Å²) in [7, 11) is 2.01. The molecule has 0 saturated heterocycles. The van der Waals surface area contributed by atoms with Gasteiger partial charge in [0.15, 0.2) is 0 Å². The van der Waals surface area contributed by atoms with Crippen LogP contribution in [0.4, 0.5) is 0 Å². The minimum Gasteiger partial charge on any atom is -0.369 e. The summed E-state index contributed by atoms with van der Waals surface area (Å²) in [5.74, 6) is 0. The third-order valence-corrected chi connectivity index (χ3v) is 4.61. The van der Waals surface area contributed by atoms with E-state index in [1.54, 1.807) is 0 Å². The molecule has 4 nitrogen and oxygen atoms in total. The highest BCUT2D eigenvalue weighted by molar-refractivity contribution is 5.67. The standard InChI is InChI=1S/C16H18N4/c1-20-15(6-8-19-20)14-4-2-3-12-9-16(7-5-13(12)14)10-17-11-18-16/h2-4,6,8,11H,5,7,9-10H2,1H3,(H,17,18). The van der Waals surface area contributed by atoms with Gasteiger partial charge in [0.25, 0.3) is 0 Å². The van der Waals surface area contributed by atoms with E-state index in [1.165, 1.54) is 22.4 Å². The van der Waals surface area contributed by atoms with Gasteiger partial charge in [-0.05, 0) is 36.5 Å². The molecule has 1 aliphatic heterocycles. The Morgan fingerprint density at radius 2 is 2.25 bits per heavy atom. The maximum atomic E-state index is 4.37. The van der Waals surface area contributed by atoms with Crippen LogP contribution < -0.4 is 5.32 Å². The minimum atomic E-state index is 0.165. The second-order valence-electron chi connectivity index (χ2n) is 5.85. The van der Waals surface area contributed by atoms with Gasteiger partial charge in [-0.15, -0.1) is 0 Å². The number of aryl methyl sites for hydroxylation is 1. The Hall–Kier alpha value is -2.10. The van der Waals surface area contributed by atoms with Crippen LogP contribution in [-0.4, -0.2) is 28.2 Å². The summed E-state index contributed by atoms with van der Waals surface area (Å²) in [5, 5.41) is 7.77. The second-order valence-corrected chi connectivity index (χ2v) is 5.85. The maximum absolute atomic E-state index is 4.37. The van der Waals surface area contributed by atoms with Crippen molar-refractivity contribution in [2.24, 2.45) is 12.0 Å². The number of rotatable bonds is 1. The van der Waals surface area contributed by atoms with Crippen LogP contribution in [0.15, 0.2) is 35.5 Å². The van der Waals surface area contributed by atoms with Crippen LogP contribution in [0.25, 0.3) is 11.3 Å². The Labute approximate surface area is 118 Å². The van der Waals surface area contributed by atoms with Crippen molar-refractivity contribution >= 4 is 6.34 Å². The topological polar surface area (TPSA) is 42.2 Å². The molecule has 0 fully saturated rings. The van der Waals surface area contributed by atoms with E-state index in [1.807, 2.05) is 24.3 Å². The lowest BCUT2D eigenvalue weighted by molar-refractivity contribution is 0.364. The third kappa shape index (κ3) is 1.68. The second kappa shape index (κ2) is 4.20. The highest BCUT2D eigenvalue weighted by Gasteiger charge is 2.36. The molecule has 2 aliphatic rings. The lowest BCUT2D eigenvalue weighted by atomic mass is 9.76. The maximum Gasteiger partial charge on any atom is 0.0829 e. The van der Waals surface area contributed by atoms with Crippen LogP contribution in [0.5, 0.6) is 0 Å². The van der Waals surface area contributed by atoms with Crippen molar-refractivity contribution in [1.29, 1.82) is 0 Å². The molecule has 0 radical (unpaired) electrons. The minimum absolute atomic E-state index is 0.165. The molecule has 2 aromatic rings. The van der Waals surface area contributed by atoms with E-state index < -0.39 is 0 Å². The van der Waals surface area contributed by atoms with Crippen LogP contribution >= 0.6 is 0 Å². The van der Waals surface area contributed by atoms with E-state index in [2.05, 4.69) is 39.7 Å². The molecule has 1 atom stereocenters. The average molecular weight is 266 g/mol. The monoisotopic (exact) mass is 266 g/mol. The zero-order valence-electron chi connectivity index (χ0n) is 11.6. The lowest BCUT2D eigenvalue weighted by Crippen LogP contribution is -2.47. The van der Waals surface area contributed by atoms with Crippen LogP contribution in [0.3, 0.4) is 0 Å². The number of aliphatic imine (C=N–C) groups is 1. The zero-order valence-corrected chi connectivity index (χ0v) is 11.6. The van der Waals surface area contributed by atoms with Gasteiger partial charge < -0.3 is 5.32 Å². The molecule has 2 heterocycles. The summed E-state index contributed by atoms with van der Waals surface area (Å²) < 4.78 is 1.96. The molecule has 0 saturated carbocycles. The predicted molar refractivity (Wildman–Crippen MR) is 79.9 cm³/mol. The first-order chi connectivity index (χ1) is 9.77. The lowest BCUT2D eigenvalue weighted by Gasteiger charge is -2.35. The Morgan fingerprint density at radius 3 is 3.00 bits per heavy atom. The number of hydrogen-bond donors (Lipinski definition) is 1. The van der Waals surface area contributed by atoms with E-state index in [9.17, 15) is 0 Å². The number of hydrogen-bond acceptors (Lipinski definition) is 3. The molecule has 4 rings (SSSR count). The van der Waals surface area contributed by atoms with Crippen LogP contribution in [0, 0.1) is 0 Å². The Balaban J connectivity index is 1.77. The fourth-order valence-electron chi connectivity index (χ4n) is 3.50. The smallest absolute Gasteiger partial charge is 0.0829 e. The van der Waals surface area contributed by atoms with Gasteiger partial charge in [0.1, 0.15) is 0 Å². The van der Waals surface area contributed by atoms with Crippen molar-refractivity contribution in [3.63, 3.8) is 0 Å². The normalized spacial score (nSPS) is 23.9. The Kier molecular flexibility index (Phi) is 2.46. The molecule has 1 aromatic heterocycles. The van der Waals surface area contributed by atoms with E-state index in [0.29, 0.717) is 0 Å². The molecular formula is C16H18N4. The molecule has 0 amide bonds. The molecule has 1 spiro atoms. The molecular weight excluding hydrogens is 248 g/mol. The largest absolute Gasteiger partial charge is 0.369 e. The number of aromatic nitrogens is 2. The molecule has 102 valence electrons. The molecule has 1 unspecified atom stereocenters. The molecule has 1 N–H and O–H groups in total. The van der Waals surface area contributed by atoms with Gasteiger partial charge in [0.2, 0.25) is 0 Å². The molecule has 0 bridgehead atoms. The summed E-state index contributed by atoms with van der Waals surface area (Å²) in [6.45, 7) is 0.905. The number of fused-ring (bicyclic) bond motifs is 1.